The normalized spacial score (nSPS) is 10.6. The van der Waals surface area contributed by atoms with E-state index in [1.807, 2.05) is 60.3 Å². The molecule has 0 N–H and O–H groups in total. The van der Waals surface area contributed by atoms with E-state index in [0.29, 0.717) is 29.5 Å². The van der Waals surface area contributed by atoms with Gasteiger partial charge in [0.15, 0.2) is 0 Å². The molecule has 1 heterocycles. The second-order valence-electron chi connectivity index (χ2n) is 6.27. The Labute approximate surface area is 164 Å². The number of ether oxygens (including phenoxy) is 1. The van der Waals surface area contributed by atoms with Crippen LogP contribution in [0.5, 0.6) is 5.75 Å². The topological polar surface area (TPSA) is 47.4 Å². The van der Waals surface area contributed by atoms with Gasteiger partial charge < -0.3 is 9.64 Å². The first-order chi connectivity index (χ1) is 13.0. The molecule has 0 aliphatic carbocycles. The van der Waals surface area contributed by atoms with Crippen LogP contribution in [-0.4, -0.2) is 27.6 Å². The molecule has 1 amide bonds. The molecule has 0 unspecified atom stereocenters. The summed E-state index contributed by atoms with van der Waals surface area (Å²) in [4.78, 5) is 14.4. The predicted octanol–water partition coefficient (Wildman–Crippen LogP) is 4.41. The zero-order valence-electron chi connectivity index (χ0n) is 15.4. The zero-order chi connectivity index (χ0) is 19.2. The molecule has 0 fully saturated rings. The van der Waals surface area contributed by atoms with Crippen LogP contribution in [0.2, 0.25) is 5.02 Å². The molecule has 3 rings (SSSR count). The summed E-state index contributed by atoms with van der Waals surface area (Å²) >= 11 is 5.97. The maximum atomic E-state index is 12.7. The van der Waals surface area contributed by atoms with Gasteiger partial charge in [0.25, 0.3) is 5.91 Å². The van der Waals surface area contributed by atoms with Crippen molar-refractivity contribution in [2.45, 2.75) is 26.6 Å². The number of hydrogen-bond acceptors (Lipinski definition) is 3. The lowest BCUT2D eigenvalue weighted by molar-refractivity contribution is 0.0783. The summed E-state index contributed by atoms with van der Waals surface area (Å²) in [6.45, 7) is 3.68. The van der Waals surface area contributed by atoms with Crippen molar-refractivity contribution in [2.24, 2.45) is 0 Å². The molecule has 27 heavy (non-hydrogen) atoms. The Morgan fingerprint density at radius 1 is 1.19 bits per heavy atom. The van der Waals surface area contributed by atoms with Crippen molar-refractivity contribution in [3.8, 4) is 5.75 Å². The van der Waals surface area contributed by atoms with E-state index >= 15 is 0 Å². The van der Waals surface area contributed by atoms with Crippen molar-refractivity contribution in [3.05, 3.63) is 82.6 Å². The van der Waals surface area contributed by atoms with Crippen LogP contribution in [-0.2, 0) is 19.7 Å². The van der Waals surface area contributed by atoms with Crippen molar-refractivity contribution in [3.63, 3.8) is 0 Å². The second-order valence-corrected chi connectivity index (χ2v) is 6.71. The van der Waals surface area contributed by atoms with Crippen LogP contribution in [0, 0.1) is 0 Å². The lowest BCUT2D eigenvalue weighted by Gasteiger charge is -2.16. The van der Waals surface area contributed by atoms with Gasteiger partial charge in [-0.2, -0.15) is 5.10 Å². The smallest absolute Gasteiger partial charge is 0.253 e. The Hall–Kier alpha value is -2.79. The second kappa shape index (κ2) is 8.73. The summed E-state index contributed by atoms with van der Waals surface area (Å²) in [6, 6.07) is 16.7. The number of amides is 1. The van der Waals surface area contributed by atoms with E-state index in [4.69, 9.17) is 16.3 Å². The van der Waals surface area contributed by atoms with Crippen LogP contribution in [0.15, 0.2) is 60.8 Å². The fourth-order valence-corrected chi connectivity index (χ4v) is 2.90. The average Bonchev–Trinajstić information content (AvgIpc) is 3.13. The van der Waals surface area contributed by atoms with Gasteiger partial charge >= 0.3 is 0 Å². The van der Waals surface area contributed by atoms with Crippen molar-refractivity contribution < 1.29 is 9.53 Å². The van der Waals surface area contributed by atoms with Crippen LogP contribution < -0.4 is 4.74 Å². The fraction of sp³-hybridized carbons (Fsp3) is 0.238. The molecule has 1 aromatic heterocycles. The molecule has 0 atom stereocenters. The molecular formula is C21H22ClN3O2. The molecule has 3 aromatic rings. The summed E-state index contributed by atoms with van der Waals surface area (Å²) in [5.74, 6) is 0.647. The highest BCUT2D eigenvalue weighted by Gasteiger charge is 2.14. The minimum Gasteiger partial charge on any atom is -0.489 e. The lowest BCUT2D eigenvalue weighted by atomic mass is 10.1. The molecule has 5 nitrogen and oxygen atoms in total. The number of benzene rings is 2. The molecular weight excluding hydrogens is 362 g/mol. The number of aromatic nitrogens is 2. The van der Waals surface area contributed by atoms with Gasteiger partial charge in [-0.3, -0.25) is 9.48 Å². The Morgan fingerprint density at radius 2 is 2.00 bits per heavy atom. The lowest BCUT2D eigenvalue weighted by Crippen LogP contribution is -2.26. The van der Waals surface area contributed by atoms with Gasteiger partial charge in [0.1, 0.15) is 12.4 Å². The minimum absolute atomic E-state index is 0.0503. The maximum Gasteiger partial charge on any atom is 0.253 e. The Morgan fingerprint density at radius 3 is 2.74 bits per heavy atom. The number of carbonyl (C=O) groups excluding carboxylic acids is 1. The number of nitrogens with zero attached hydrogens (tertiary/aromatic N) is 3. The van der Waals surface area contributed by atoms with E-state index in [1.54, 1.807) is 24.1 Å². The first-order valence-corrected chi connectivity index (χ1v) is 9.18. The molecule has 140 valence electrons. The van der Waals surface area contributed by atoms with Crippen LogP contribution in [0.4, 0.5) is 0 Å². The first kappa shape index (κ1) is 19.0. The number of hydrogen-bond donors (Lipinski definition) is 0. The van der Waals surface area contributed by atoms with Crippen LogP contribution in [0.1, 0.15) is 28.5 Å². The molecule has 0 aliphatic heterocycles. The minimum atomic E-state index is -0.0503. The van der Waals surface area contributed by atoms with Gasteiger partial charge in [-0.15, -0.1) is 0 Å². The van der Waals surface area contributed by atoms with Crippen LogP contribution >= 0.6 is 11.6 Å². The third-order valence-electron chi connectivity index (χ3n) is 4.14. The summed E-state index contributed by atoms with van der Waals surface area (Å²) in [5, 5.41) is 5.05. The van der Waals surface area contributed by atoms with E-state index in [0.717, 1.165) is 17.8 Å². The molecule has 0 spiro atoms. The molecule has 0 saturated carbocycles. The molecule has 0 bridgehead atoms. The standard InChI is InChI=1S/C21H22ClN3O2/c1-3-25-11-10-19(23-25)14-24(2)21(26)17-7-4-6-16(12-17)15-27-20-9-5-8-18(22)13-20/h4-13H,3,14-15H2,1-2H3. The highest BCUT2D eigenvalue weighted by Crippen LogP contribution is 2.19. The molecule has 6 heteroatoms. The third kappa shape index (κ3) is 5.11. The highest BCUT2D eigenvalue weighted by molar-refractivity contribution is 6.30. The van der Waals surface area contributed by atoms with E-state index < -0.39 is 0 Å². The molecule has 0 saturated heterocycles. The van der Waals surface area contributed by atoms with Crippen LogP contribution in [0.25, 0.3) is 0 Å². The Kier molecular flexibility index (Phi) is 6.14. The largest absolute Gasteiger partial charge is 0.489 e. The monoisotopic (exact) mass is 383 g/mol. The van der Waals surface area contributed by atoms with E-state index in [2.05, 4.69) is 5.10 Å². The van der Waals surface area contributed by atoms with E-state index in [9.17, 15) is 4.79 Å². The van der Waals surface area contributed by atoms with Crippen LogP contribution in [0.3, 0.4) is 0 Å². The number of halogens is 1. The van der Waals surface area contributed by atoms with Gasteiger partial charge in [-0.05, 0) is 48.9 Å². The van der Waals surface area contributed by atoms with E-state index in [-0.39, 0.29) is 5.91 Å². The first-order valence-electron chi connectivity index (χ1n) is 8.80. The van der Waals surface area contributed by atoms with Crippen molar-refractivity contribution in [1.82, 2.24) is 14.7 Å². The fourth-order valence-electron chi connectivity index (χ4n) is 2.72. The third-order valence-corrected chi connectivity index (χ3v) is 4.38. The summed E-state index contributed by atoms with van der Waals surface area (Å²) in [5.41, 5.74) is 2.41. The Balaban J connectivity index is 1.63. The van der Waals surface area contributed by atoms with Gasteiger partial charge in [-0.25, -0.2) is 0 Å². The Bertz CT molecular complexity index is 923. The van der Waals surface area contributed by atoms with Crippen molar-refractivity contribution in [1.29, 1.82) is 0 Å². The quantitative estimate of drug-likeness (QED) is 0.607. The molecule has 0 aliphatic rings. The van der Waals surface area contributed by atoms with Gasteiger partial charge in [0, 0.05) is 30.4 Å². The van der Waals surface area contributed by atoms with Crippen molar-refractivity contribution >= 4 is 17.5 Å². The average molecular weight is 384 g/mol. The summed E-state index contributed by atoms with van der Waals surface area (Å²) < 4.78 is 7.61. The highest BCUT2D eigenvalue weighted by atomic mass is 35.5. The summed E-state index contributed by atoms with van der Waals surface area (Å²) in [6.07, 6.45) is 1.92. The van der Waals surface area contributed by atoms with Gasteiger partial charge in [0.05, 0.1) is 12.2 Å². The SMILES string of the molecule is CCn1ccc(CN(C)C(=O)c2cccc(COc3cccc(Cl)c3)c2)n1. The maximum absolute atomic E-state index is 12.7. The predicted molar refractivity (Wildman–Crippen MR) is 106 cm³/mol. The number of aryl methyl sites for hydroxylation is 1. The van der Waals surface area contributed by atoms with Gasteiger partial charge in [0.2, 0.25) is 0 Å². The number of rotatable bonds is 7. The van der Waals surface area contributed by atoms with Gasteiger partial charge in [-0.1, -0.05) is 29.8 Å². The van der Waals surface area contributed by atoms with E-state index in [1.165, 1.54) is 0 Å². The number of carbonyl (C=O) groups is 1. The molecule has 0 radical (unpaired) electrons. The summed E-state index contributed by atoms with van der Waals surface area (Å²) in [7, 11) is 1.78. The van der Waals surface area contributed by atoms with Crippen molar-refractivity contribution in [2.75, 3.05) is 7.05 Å². The zero-order valence-corrected chi connectivity index (χ0v) is 16.2. The molecule has 2 aromatic carbocycles.